The van der Waals surface area contributed by atoms with Crippen LogP contribution in [-0.4, -0.2) is 159 Å². The number of sulfonamides is 2. The molecule has 0 radical (unpaired) electrons. The van der Waals surface area contributed by atoms with Crippen LogP contribution >= 0.6 is 0 Å². The summed E-state index contributed by atoms with van der Waals surface area (Å²) >= 11 is 0. The Balaban J connectivity index is 0.000000301. The predicted molar refractivity (Wildman–Crippen MR) is 485 cm³/mol. The highest BCUT2D eigenvalue weighted by atomic mass is 32.2. The van der Waals surface area contributed by atoms with Crippen LogP contribution in [0.2, 0.25) is 0 Å². The number of aryl methyl sites for hydroxylation is 3. The molecule has 0 aliphatic carbocycles. The first-order valence-corrected chi connectivity index (χ1v) is 45.8. The third-order valence-electron chi connectivity index (χ3n) is 20.7. The van der Waals surface area contributed by atoms with Crippen molar-refractivity contribution in [3.05, 3.63) is 284 Å². The van der Waals surface area contributed by atoms with Crippen LogP contribution in [0, 0.1) is 22.7 Å². The molecule has 130 heavy (non-hydrogen) atoms. The number of Topliss-reactive ketones (excluding diaryl/α,β-unsaturated/α-hetero) is 3. The summed E-state index contributed by atoms with van der Waals surface area (Å²) in [6.45, 7) is 2.58. The van der Waals surface area contributed by atoms with Gasteiger partial charge in [0, 0.05) is 108 Å². The number of imide groups is 1. The van der Waals surface area contributed by atoms with E-state index in [2.05, 4.69) is 24.9 Å². The molecule has 0 aromatic heterocycles. The van der Waals surface area contributed by atoms with Gasteiger partial charge < -0.3 is 62.7 Å². The van der Waals surface area contributed by atoms with Gasteiger partial charge >= 0.3 is 18.1 Å². The summed E-state index contributed by atoms with van der Waals surface area (Å²) in [6, 6.07) is 58.4. The van der Waals surface area contributed by atoms with E-state index in [4.69, 9.17) is 52.7 Å². The van der Waals surface area contributed by atoms with Crippen molar-refractivity contribution in [3.63, 3.8) is 0 Å². The third-order valence-corrected chi connectivity index (χ3v) is 23.4. The Kier molecular flexibility index (Phi) is 44.6. The summed E-state index contributed by atoms with van der Waals surface area (Å²) in [6.07, 6.45) is -1.53. The highest BCUT2D eigenvalue weighted by Gasteiger charge is 2.39. The SMILES string of the molecule is COCCOCCC(=O)CCc1cccc(CS(=O)(=O)N[C@H](CCCc2ccccc2)C(=O)C[C@@H](Cc2cccc(CN)c2)C(=O)NCc2ccc(C(=N)N)cc2)c1.COCCOCCC(=O)ON1C(=O)CCC1=O.N=C(N)c1ccc(CNC(=O)[C@@H](CC(=O)[C@@H](CCCc2ccccc2)NS(=O)(=O)Cc2cccc(CN)c2)Cc2cccc(CNC(=O)C(F)(F)F)c2)cc1. The molecule has 30 nitrogen and oxygen atoms in total. The van der Waals surface area contributed by atoms with Gasteiger partial charge in [0.05, 0.1) is 69.7 Å². The second kappa shape index (κ2) is 55.2. The van der Waals surface area contributed by atoms with Crippen molar-refractivity contribution in [2.45, 2.75) is 165 Å². The third kappa shape index (κ3) is 39.6. The minimum atomic E-state index is -5.05. The van der Waals surface area contributed by atoms with Crippen molar-refractivity contribution < 1.29 is 96.9 Å². The zero-order valence-corrected chi connectivity index (χ0v) is 74.6. The van der Waals surface area contributed by atoms with E-state index in [1.807, 2.05) is 96.3 Å². The lowest BCUT2D eigenvalue weighted by Gasteiger charge is -2.22. The average Bonchev–Trinajstić information content (AvgIpc) is 1.29. The molecule has 1 fully saturated rings. The highest BCUT2D eigenvalue weighted by Crippen LogP contribution is 2.25. The minimum absolute atomic E-state index is 0.0131. The number of rotatable bonds is 54. The minimum Gasteiger partial charge on any atom is -0.384 e. The average molecular weight is 1840 g/mol. The van der Waals surface area contributed by atoms with Crippen LogP contribution in [0.3, 0.4) is 0 Å². The molecule has 9 rings (SSSR count). The fourth-order valence-electron chi connectivity index (χ4n) is 13.8. The van der Waals surface area contributed by atoms with Gasteiger partial charge in [0.1, 0.15) is 17.5 Å². The Hall–Kier alpha value is -11.9. The van der Waals surface area contributed by atoms with Crippen LogP contribution in [0.4, 0.5) is 13.2 Å². The summed E-state index contributed by atoms with van der Waals surface area (Å²) in [4.78, 5) is 118. The van der Waals surface area contributed by atoms with E-state index in [9.17, 15) is 73.2 Å². The normalized spacial score (nSPS) is 13.0. The number of hydrogen-bond donors (Lipinski definition) is 11. The number of nitrogens with one attached hydrogen (secondary N) is 7. The van der Waals surface area contributed by atoms with Gasteiger partial charge in [-0.25, -0.2) is 31.1 Å². The number of nitrogens with zero attached hydrogens (tertiary/aromatic N) is 1. The fourth-order valence-corrected chi connectivity index (χ4v) is 16.5. The van der Waals surface area contributed by atoms with Gasteiger partial charge in [0.2, 0.25) is 31.9 Å². The molecule has 0 bridgehead atoms. The highest BCUT2D eigenvalue weighted by molar-refractivity contribution is 7.89. The summed E-state index contributed by atoms with van der Waals surface area (Å²) in [7, 11) is -4.95. The van der Waals surface area contributed by atoms with E-state index in [1.54, 1.807) is 117 Å². The van der Waals surface area contributed by atoms with E-state index in [1.165, 1.54) is 12.1 Å². The van der Waals surface area contributed by atoms with Gasteiger partial charge in [-0.2, -0.15) is 13.2 Å². The quantitative estimate of drug-likeness (QED) is 0.00732. The Morgan fingerprint density at radius 3 is 1.24 bits per heavy atom. The van der Waals surface area contributed by atoms with E-state index < -0.39 is 97.8 Å². The van der Waals surface area contributed by atoms with Crippen molar-refractivity contribution in [2.24, 2.45) is 34.8 Å². The molecule has 15 N–H and O–H groups in total. The van der Waals surface area contributed by atoms with Crippen LogP contribution < -0.4 is 48.3 Å². The molecule has 1 aliphatic heterocycles. The summed E-state index contributed by atoms with van der Waals surface area (Å²) in [5, 5.41) is 23.4. The number of halogens is 3. The van der Waals surface area contributed by atoms with E-state index in [0.29, 0.717) is 129 Å². The molecule has 0 unspecified atom stereocenters. The lowest BCUT2D eigenvalue weighted by atomic mass is 9.89. The fraction of sp³-hybridized carbons (Fsp3) is 0.379. The van der Waals surface area contributed by atoms with Gasteiger partial charge in [-0.05, 0) is 125 Å². The van der Waals surface area contributed by atoms with Crippen LogP contribution in [0.5, 0.6) is 0 Å². The number of ketones is 3. The Bertz CT molecular complexity index is 5260. The molecule has 4 atom stereocenters. The van der Waals surface area contributed by atoms with E-state index >= 15 is 0 Å². The molecule has 8 aromatic rings. The number of nitrogens with two attached hydrogens (primary N) is 4. The van der Waals surface area contributed by atoms with Crippen LogP contribution in [0.25, 0.3) is 0 Å². The van der Waals surface area contributed by atoms with Gasteiger partial charge in [-0.1, -0.05) is 206 Å². The molecule has 698 valence electrons. The number of hydrogen-bond acceptors (Lipinski definition) is 22. The largest absolute Gasteiger partial charge is 0.471 e. The number of nitrogen functional groups attached to an aromatic ring is 2. The summed E-state index contributed by atoms with van der Waals surface area (Å²) < 4.78 is 118. The monoisotopic (exact) mass is 1830 g/mol. The predicted octanol–water partition coefficient (Wildman–Crippen LogP) is 9.13. The number of amidine groups is 2. The number of amides is 5. The number of benzene rings is 8. The number of methoxy groups -OCH3 is 2. The zero-order chi connectivity index (χ0) is 94.4. The first kappa shape index (κ1) is 105. The summed E-state index contributed by atoms with van der Waals surface area (Å²) in [5.74, 6) is -8.14. The zero-order valence-electron chi connectivity index (χ0n) is 73.0. The van der Waals surface area contributed by atoms with Crippen LogP contribution in [0.15, 0.2) is 206 Å². The number of hydroxylamine groups is 2. The van der Waals surface area contributed by atoms with Gasteiger partial charge in [-0.3, -0.25) is 49.2 Å². The van der Waals surface area contributed by atoms with E-state index in [-0.39, 0.29) is 119 Å². The van der Waals surface area contributed by atoms with Crippen LogP contribution in [-0.2, 0) is 163 Å². The second-order valence-corrected chi connectivity index (χ2v) is 34.6. The van der Waals surface area contributed by atoms with Crippen molar-refractivity contribution in [1.29, 1.82) is 10.8 Å². The molecular weight excluding hydrogens is 1720 g/mol. The maximum atomic E-state index is 14.2. The van der Waals surface area contributed by atoms with Crippen molar-refractivity contribution in [3.8, 4) is 0 Å². The molecule has 5 amide bonds. The van der Waals surface area contributed by atoms with Crippen molar-refractivity contribution in [1.82, 2.24) is 30.5 Å². The number of alkyl halides is 3. The van der Waals surface area contributed by atoms with E-state index in [0.717, 1.165) is 38.9 Å². The lowest BCUT2D eigenvalue weighted by molar-refractivity contribution is -0.198. The molecule has 35 heteroatoms. The Morgan fingerprint density at radius 2 is 0.815 bits per heavy atom. The smallest absolute Gasteiger partial charge is 0.384 e. The first-order chi connectivity index (χ1) is 62.2. The first-order valence-electron chi connectivity index (χ1n) is 42.5. The molecule has 0 saturated carbocycles. The number of carbonyl (C=O) groups excluding carboxylic acids is 9. The van der Waals surface area contributed by atoms with Crippen LogP contribution in [0.1, 0.15) is 149 Å². The molecule has 1 aliphatic rings. The molecule has 1 heterocycles. The molecule has 0 spiro atoms. The van der Waals surface area contributed by atoms with Crippen molar-refractivity contribution in [2.75, 3.05) is 53.9 Å². The topological polar surface area (TPSA) is 483 Å². The maximum absolute atomic E-state index is 14.2. The summed E-state index contributed by atoms with van der Waals surface area (Å²) in [5.41, 5.74) is 32.6. The molecule has 1 saturated heterocycles. The maximum Gasteiger partial charge on any atom is 0.471 e. The van der Waals surface area contributed by atoms with Gasteiger partial charge in [0.15, 0.2) is 11.6 Å². The van der Waals surface area contributed by atoms with Crippen molar-refractivity contribution >= 4 is 84.6 Å². The Labute approximate surface area is 756 Å². The van der Waals surface area contributed by atoms with Gasteiger partial charge in [0.25, 0.3) is 11.8 Å². The number of carbonyl (C=O) groups is 9. The number of ether oxygens (including phenoxy) is 4. The Morgan fingerprint density at radius 1 is 0.438 bits per heavy atom. The van der Waals surface area contributed by atoms with Gasteiger partial charge in [-0.15, -0.1) is 5.06 Å². The molecule has 8 aromatic carbocycles. The standard InChI is InChI=1S/C45H57N5O7S.C40H45F3N6O5S.C10H15NO6/c1-56-24-25-57-23-22-41(51)21-18-34-11-5-14-38(26-34)32-58(54,55)50-42(15-7-10-33-8-3-2-4-9-33)43(52)29-40(28-36-12-6-13-37(27-36)30-46)45(53)49-31-35-16-19-39(20-17-35)44(47)48;41-40(42,43)39(52)48-25-31-12-4-10-29(19-31)21-34(38(51)47-24-28-15-17-33(18-16-28)37(45)46)22-36(50)35(14-6-9-27-7-2-1-3-8-27)49-55(53,54)26-32-13-5-11-30(20-32)23-44;1-15-6-7-16-5-4-10(14)17-11-8(12)2-3-9(11)13/h2-6,8-9,11-14,16-17,19-20,26-27,40,42,50H,7,10,15,18,21-25,28-32,46H2,1H3,(H3,47,48)(H,49,53);1-5,7-8,10-13,15-20,34-35,49H,6,9,14,21-26,44H2,(H3,45,46)(H,47,51)(H,48,52);2-7H2,1H3/t40-,42-;34-,35-;/m11./s1. The second-order valence-electron chi connectivity index (χ2n) is 31.1. The lowest BCUT2D eigenvalue weighted by Crippen LogP contribution is -2.43. The molecular formula is C95H117F3N12O18S2.